The van der Waals surface area contributed by atoms with E-state index in [0.717, 1.165) is 0 Å². The topological polar surface area (TPSA) is 93.2 Å². The van der Waals surface area contributed by atoms with E-state index in [0.29, 0.717) is 11.4 Å². The fraction of sp³-hybridized carbons (Fsp3) is 0.385. The van der Waals surface area contributed by atoms with Gasteiger partial charge >= 0.3 is 0 Å². The van der Waals surface area contributed by atoms with E-state index in [-0.39, 0.29) is 25.0 Å². The number of carbonyl (C=O) groups excluding carboxylic acids is 2. The van der Waals surface area contributed by atoms with E-state index >= 15 is 0 Å². The van der Waals surface area contributed by atoms with E-state index < -0.39 is 5.54 Å². The summed E-state index contributed by atoms with van der Waals surface area (Å²) in [6.45, 7) is 2.26. The maximum Gasteiger partial charge on any atom is 0.271 e. The number of hydrogen-bond donors (Lipinski definition) is 2. The summed E-state index contributed by atoms with van der Waals surface area (Å²) in [5.41, 5.74) is 3.13. The number of ether oxygens (including phenoxy) is 1. The van der Waals surface area contributed by atoms with E-state index in [1.54, 1.807) is 28.7 Å². The van der Waals surface area contributed by atoms with Crippen LogP contribution in [0.2, 0.25) is 0 Å². The van der Waals surface area contributed by atoms with Gasteiger partial charge in [0.1, 0.15) is 11.4 Å². The summed E-state index contributed by atoms with van der Waals surface area (Å²) >= 11 is 2.69. The van der Waals surface area contributed by atoms with E-state index in [1.807, 2.05) is 0 Å². The van der Waals surface area contributed by atoms with Crippen molar-refractivity contribution in [2.75, 3.05) is 20.3 Å². The monoisotopic (exact) mass is 340 g/mol. The van der Waals surface area contributed by atoms with Crippen molar-refractivity contribution in [1.82, 2.24) is 20.6 Å². The van der Waals surface area contributed by atoms with E-state index in [9.17, 15) is 9.59 Å². The Morgan fingerprint density at radius 1 is 1.18 bits per heavy atom. The predicted molar refractivity (Wildman–Crippen MR) is 84.3 cm³/mol. The van der Waals surface area contributed by atoms with Gasteiger partial charge in [0.05, 0.1) is 23.2 Å². The molecule has 2 aromatic rings. The number of amides is 2. The lowest BCUT2D eigenvalue weighted by Gasteiger charge is -2.30. The summed E-state index contributed by atoms with van der Waals surface area (Å²) < 4.78 is 5.15. The number of methoxy groups -OCH3 is 1. The number of aromatic nitrogens is 2. The third-order valence-electron chi connectivity index (χ3n) is 2.85. The van der Waals surface area contributed by atoms with E-state index in [4.69, 9.17) is 4.74 Å². The van der Waals surface area contributed by atoms with Crippen LogP contribution in [0.25, 0.3) is 0 Å². The van der Waals surface area contributed by atoms with Gasteiger partial charge in [-0.05, 0) is 6.92 Å². The second kappa shape index (κ2) is 7.43. The lowest BCUT2D eigenvalue weighted by atomic mass is 10.0. The molecule has 2 amide bonds. The average molecular weight is 340 g/mol. The Kier molecular flexibility index (Phi) is 5.58. The van der Waals surface area contributed by atoms with Crippen LogP contribution >= 0.6 is 22.7 Å². The normalized spacial score (nSPS) is 13.4. The predicted octanol–water partition coefficient (Wildman–Crippen LogP) is 1.16. The van der Waals surface area contributed by atoms with Gasteiger partial charge in [-0.25, -0.2) is 9.97 Å². The van der Waals surface area contributed by atoms with Crippen LogP contribution in [0.1, 0.15) is 27.9 Å². The smallest absolute Gasteiger partial charge is 0.271 e. The lowest BCUT2D eigenvalue weighted by Crippen LogP contribution is -2.56. The second-order valence-corrected chi connectivity index (χ2v) is 6.32. The number of nitrogens with one attached hydrogen (secondary N) is 2. The van der Waals surface area contributed by atoms with Gasteiger partial charge in [-0.3, -0.25) is 9.59 Å². The minimum absolute atomic E-state index is 0.215. The minimum atomic E-state index is -0.749. The number of carbonyl (C=O) groups is 2. The van der Waals surface area contributed by atoms with Crippen molar-refractivity contribution in [3.8, 4) is 0 Å². The number of thiazole rings is 2. The van der Waals surface area contributed by atoms with Crippen LogP contribution in [0.5, 0.6) is 0 Å². The zero-order valence-corrected chi connectivity index (χ0v) is 13.8. The van der Waals surface area contributed by atoms with Gasteiger partial charge in [0, 0.05) is 24.4 Å². The first-order valence-corrected chi connectivity index (χ1v) is 8.29. The molecule has 0 saturated carbocycles. The molecule has 0 unspecified atom stereocenters. The molecule has 0 aliphatic rings. The summed E-state index contributed by atoms with van der Waals surface area (Å²) in [4.78, 5) is 32.0. The molecular weight excluding hydrogens is 324 g/mol. The molecule has 7 nitrogen and oxygen atoms in total. The molecule has 2 rings (SSSR count). The summed E-state index contributed by atoms with van der Waals surface area (Å²) in [5, 5.41) is 8.93. The van der Waals surface area contributed by atoms with Crippen molar-refractivity contribution >= 4 is 34.5 Å². The largest absolute Gasteiger partial charge is 0.382 e. The molecule has 2 heterocycles. The highest BCUT2D eigenvalue weighted by atomic mass is 32.1. The van der Waals surface area contributed by atoms with Gasteiger partial charge < -0.3 is 15.4 Å². The van der Waals surface area contributed by atoms with Crippen molar-refractivity contribution in [2.45, 2.75) is 12.5 Å². The molecule has 0 spiro atoms. The van der Waals surface area contributed by atoms with Gasteiger partial charge in [-0.1, -0.05) is 0 Å². The Bertz CT molecular complexity index is 615. The maximum atomic E-state index is 12.1. The van der Waals surface area contributed by atoms with Crippen molar-refractivity contribution < 1.29 is 14.3 Å². The first kappa shape index (κ1) is 16.5. The summed E-state index contributed by atoms with van der Waals surface area (Å²) in [7, 11) is 1.54. The minimum Gasteiger partial charge on any atom is -0.382 e. The van der Waals surface area contributed by atoms with E-state index in [2.05, 4.69) is 20.6 Å². The first-order chi connectivity index (χ1) is 10.5. The quantitative estimate of drug-likeness (QED) is 0.789. The standard InChI is InChI=1S/C13H16N4O3S2/c1-13(6-20-2,17-12(19)10-4-22-8-16-10)5-14-11(18)9-3-21-7-15-9/h3-4,7-8H,5-6H2,1-2H3,(H,14,18)(H,17,19)/t13-/m0/s1. The molecule has 0 radical (unpaired) electrons. The number of hydrogen-bond acceptors (Lipinski definition) is 7. The molecule has 1 atom stereocenters. The molecule has 0 aliphatic carbocycles. The first-order valence-electron chi connectivity index (χ1n) is 6.40. The van der Waals surface area contributed by atoms with Gasteiger partial charge in [0.25, 0.3) is 11.8 Å². The van der Waals surface area contributed by atoms with Crippen molar-refractivity contribution in [3.05, 3.63) is 33.2 Å². The highest BCUT2D eigenvalue weighted by Crippen LogP contribution is 2.08. The molecular formula is C13H16N4O3S2. The van der Waals surface area contributed by atoms with Crippen LogP contribution < -0.4 is 10.6 Å². The molecule has 2 aromatic heterocycles. The van der Waals surface area contributed by atoms with Crippen LogP contribution in [-0.2, 0) is 4.74 Å². The van der Waals surface area contributed by atoms with Crippen molar-refractivity contribution in [1.29, 1.82) is 0 Å². The second-order valence-electron chi connectivity index (χ2n) is 4.88. The molecule has 0 aliphatic heterocycles. The van der Waals surface area contributed by atoms with Crippen molar-refractivity contribution in [3.63, 3.8) is 0 Å². The van der Waals surface area contributed by atoms with Gasteiger partial charge in [-0.15, -0.1) is 22.7 Å². The highest BCUT2D eigenvalue weighted by Gasteiger charge is 2.28. The Balaban J connectivity index is 1.98. The van der Waals surface area contributed by atoms with Crippen LogP contribution in [0.3, 0.4) is 0 Å². The van der Waals surface area contributed by atoms with Crippen LogP contribution in [-0.4, -0.2) is 47.6 Å². The number of nitrogens with zero attached hydrogens (tertiary/aromatic N) is 2. The Morgan fingerprint density at radius 2 is 1.77 bits per heavy atom. The van der Waals surface area contributed by atoms with Crippen LogP contribution in [0.4, 0.5) is 0 Å². The fourth-order valence-corrected chi connectivity index (χ4v) is 2.87. The molecule has 0 saturated heterocycles. The molecule has 0 aromatic carbocycles. The molecule has 0 bridgehead atoms. The third kappa shape index (κ3) is 4.33. The lowest BCUT2D eigenvalue weighted by molar-refractivity contribution is 0.0752. The van der Waals surface area contributed by atoms with Crippen molar-refractivity contribution in [2.24, 2.45) is 0 Å². The Labute approximate surface area is 135 Å². The zero-order chi connectivity index (χ0) is 16.0. The van der Waals surface area contributed by atoms with Crippen LogP contribution in [0.15, 0.2) is 21.8 Å². The SMILES string of the molecule is COC[C@](C)(CNC(=O)c1cscn1)NC(=O)c1cscn1. The average Bonchev–Trinajstić information content (AvgIpc) is 3.17. The maximum absolute atomic E-state index is 12.1. The van der Waals surface area contributed by atoms with Crippen LogP contribution in [0, 0.1) is 0 Å². The van der Waals surface area contributed by atoms with Gasteiger partial charge in [0.15, 0.2) is 0 Å². The Hall–Kier alpha value is -1.84. The summed E-state index contributed by atoms with van der Waals surface area (Å²) in [5.74, 6) is -0.588. The van der Waals surface area contributed by atoms with Gasteiger partial charge in [-0.2, -0.15) is 0 Å². The van der Waals surface area contributed by atoms with Gasteiger partial charge in [0.2, 0.25) is 0 Å². The molecule has 118 valence electrons. The third-order valence-corrected chi connectivity index (χ3v) is 4.02. The highest BCUT2D eigenvalue weighted by molar-refractivity contribution is 7.08. The van der Waals surface area contributed by atoms with E-state index in [1.165, 1.54) is 29.8 Å². The zero-order valence-electron chi connectivity index (χ0n) is 12.2. The molecule has 2 N–H and O–H groups in total. The molecule has 0 fully saturated rings. The summed E-state index contributed by atoms with van der Waals surface area (Å²) in [6.07, 6.45) is 0. The summed E-state index contributed by atoms with van der Waals surface area (Å²) in [6, 6.07) is 0. The fourth-order valence-electron chi connectivity index (χ4n) is 1.80. The number of rotatable bonds is 7. The Morgan fingerprint density at radius 3 is 2.27 bits per heavy atom. The molecule has 22 heavy (non-hydrogen) atoms. The molecule has 9 heteroatoms.